The normalized spacial score (nSPS) is 11.1. The van der Waals surface area contributed by atoms with Crippen molar-refractivity contribution in [3.63, 3.8) is 0 Å². The molecule has 68 valence electrons. The molecule has 0 bridgehead atoms. The van der Waals surface area contributed by atoms with Crippen LogP contribution in [0, 0.1) is 0 Å². The fraction of sp³-hybridized carbons (Fsp3) is 0. The third-order valence-electron chi connectivity index (χ3n) is 2.43. The molecule has 2 heteroatoms. The molecule has 0 atom stereocenters. The molecule has 0 radical (unpaired) electrons. The lowest BCUT2D eigenvalue weighted by Gasteiger charge is -1.91. The lowest BCUT2D eigenvalue weighted by molar-refractivity contribution is 0.670. The predicted octanol–water partition coefficient (Wildman–Crippen LogP) is 3.17. The molecule has 1 heterocycles. The van der Waals surface area contributed by atoms with E-state index in [9.17, 15) is 0 Å². The lowest BCUT2D eigenvalue weighted by atomic mass is 10.1. The standard InChI is InChI=1S/C12H9NO/c13-10-6-3-5-9-8-4-1-2-7-11(8)14-12(9)10/h1-7H,13H2. The minimum absolute atomic E-state index is 0.693. The first kappa shape index (κ1) is 7.44. The van der Waals surface area contributed by atoms with Crippen molar-refractivity contribution in [2.75, 3.05) is 5.73 Å². The zero-order valence-electron chi connectivity index (χ0n) is 7.53. The zero-order valence-corrected chi connectivity index (χ0v) is 7.53. The third-order valence-corrected chi connectivity index (χ3v) is 2.43. The summed E-state index contributed by atoms with van der Waals surface area (Å²) >= 11 is 0. The van der Waals surface area contributed by atoms with E-state index in [0.29, 0.717) is 5.69 Å². The van der Waals surface area contributed by atoms with Gasteiger partial charge in [-0.25, -0.2) is 0 Å². The summed E-state index contributed by atoms with van der Waals surface area (Å²) in [6.45, 7) is 0. The Labute approximate surface area is 80.9 Å². The number of para-hydroxylation sites is 2. The van der Waals surface area contributed by atoms with Crippen LogP contribution in [-0.4, -0.2) is 0 Å². The van der Waals surface area contributed by atoms with Crippen LogP contribution in [0.25, 0.3) is 21.9 Å². The van der Waals surface area contributed by atoms with Gasteiger partial charge in [0.1, 0.15) is 5.58 Å². The highest BCUT2D eigenvalue weighted by Gasteiger charge is 2.06. The van der Waals surface area contributed by atoms with Crippen molar-refractivity contribution in [3.8, 4) is 0 Å². The second-order valence-electron chi connectivity index (χ2n) is 3.32. The Bertz CT molecular complexity index is 610. The summed E-state index contributed by atoms with van der Waals surface area (Å²) in [5.41, 5.74) is 8.19. The summed E-state index contributed by atoms with van der Waals surface area (Å²) in [6, 6.07) is 13.8. The van der Waals surface area contributed by atoms with Crippen LogP contribution in [0.5, 0.6) is 0 Å². The average Bonchev–Trinajstić information content (AvgIpc) is 2.59. The van der Waals surface area contributed by atoms with Crippen molar-refractivity contribution >= 4 is 27.6 Å². The van der Waals surface area contributed by atoms with E-state index >= 15 is 0 Å². The summed E-state index contributed by atoms with van der Waals surface area (Å²) < 4.78 is 5.66. The van der Waals surface area contributed by atoms with Gasteiger partial charge in [-0.15, -0.1) is 0 Å². The number of furan rings is 1. The van der Waals surface area contributed by atoms with E-state index in [1.54, 1.807) is 0 Å². The molecule has 0 spiro atoms. The molecule has 2 nitrogen and oxygen atoms in total. The van der Waals surface area contributed by atoms with Crippen molar-refractivity contribution in [3.05, 3.63) is 42.5 Å². The monoisotopic (exact) mass is 183 g/mol. The molecule has 0 fully saturated rings. The Morgan fingerprint density at radius 2 is 1.64 bits per heavy atom. The third kappa shape index (κ3) is 0.852. The fourth-order valence-corrected chi connectivity index (χ4v) is 1.77. The maximum atomic E-state index is 5.83. The largest absolute Gasteiger partial charge is 0.454 e. The maximum absolute atomic E-state index is 5.83. The molecular formula is C12H9NO. The lowest BCUT2D eigenvalue weighted by Crippen LogP contribution is -1.82. The van der Waals surface area contributed by atoms with Gasteiger partial charge in [-0.3, -0.25) is 0 Å². The van der Waals surface area contributed by atoms with Gasteiger partial charge in [0.2, 0.25) is 0 Å². The average molecular weight is 183 g/mol. The van der Waals surface area contributed by atoms with Gasteiger partial charge < -0.3 is 10.2 Å². The van der Waals surface area contributed by atoms with E-state index in [0.717, 1.165) is 21.9 Å². The Kier molecular flexibility index (Phi) is 1.34. The van der Waals surface area contributed by atoms with Crippen LogP contribution in [0.2, 0.25) is 0 Å². The summed E-state index contributed by atoms with van der Waals surface area (Å²) in [6.07, 6.45) is 0. The molecule has 3 aromatic rings. The molecule has 2 N–H and O–H groups in total. The van der Waals surface area contributed by atoms with E-state index in [1.165, 1.54) is 0 Å². The SMILES string of the molecule is Nc1cccc2c1oc1ccccc12. The molecule has 2 aromatic carbocycles. The number of benzene rings is 2. The summed E-state index contributed by atoms with van der Waals surface area (Å²) in [7, 11) is 0. The van der Waals surface area contributed by atoms with E-state index in [4.69, 9.17) is 10.2 Å². The van der Waals surface area contributed by atoms with Crippen LogP contribution < -0.4 is 5.73 Å². The minimum Gasteiger partial charge on any atom is -0.454 e. The highest BCUT2D eigenvalue weighted by atomic mass is 16.3. The van der Waals surface area contributed by atoms with E-state index in [1.807, 2.05) is 42.5 Å². The number of nitrogen functional groups attached to an aromatic ring is 1. The molecular weight excluding hydrogens is 174 g/mol. The van der Waals surface area contributed by atoms with E-state index in [2.05, 4.69) is 0 Å². The van der Waals surface area contributed by atoms with Crippen LogP contribution in [0.1, 0.15) is 0 Å². The van der Waals surface area contributed by atoms with Gasteiger partial charge in [0.05, 0.1) is 5.69 Å². The molecule has 0 unspecified atom stereocenters. The number of nitrogens with two attached hydrogens (primary N) is 1. The molecule has 0 aliphatic rings. The molecule has 0 aliphatic carbocycles. The van der Waals surface area contributed by atoms with E-state index < -0.39 is 0 Å². The highest BCUT2D eigenvalue weighted by molar-refractivity contribution is 6.08. The number of hydrogen-bond acceptors (Lipinski definition) is 2. The fourth-order valence-electron chi connectivity index (χ4n) is 1.77. The first-order valence-corrected chi connectivity index (χ1v) is 4.52. The highest BCUT2D eigenvalue weighted by Crippen LogP contribution is 2.31. The topological polar surface area (TPSA) is 39.2 Å². The molecule has 0 saturated heterocycles. The van der Waals surface area contributed by atoms with Crippen molar-refractivity contribution in [1.82, 2.24) is 0 Å². The molecule has 14 heavy (non-hydrogen) atoms. The first-order chi connectivity index (χ1) is 6.86. The van der Waals surface area contributed by atoms with Gasteiger partial charge in [-0.2, -0.15) is 0 Å². The number of hydrogen-bond donors (Lipinski definition) is 1. The molecule has 0 amide bonds. The predicted molar refractivity (Wildman–Crippen MR) is 58.1 cm³/mol. The van der Waals surface area contributed by atoms with Gasteiger partial charge in [0.25, 0.3) is 0 Å². The summed E-state index contributed by atoms with van der Waals surface area (Å²) in [4.78, 5) is 0. The summed E-state index contributed by atoms with van der Waals surface area (Å²) in [5, 5.41) is 2.20. The van der Waals surface area contributed by atoms with Gasteiger partial charge in [0.15, 0.2) is 5.58 Å². The van der Waals surface area contributed by atoms with Gasteiger partial charge in [-0.1, -0.05) is 30.3 Å². The Hall–Kier alpha value is -1.96. The van der Waals surface area contributed by atoms with Crippen molar-refractivity contribution < 1.29 is 4.42 Å². The van der Waals surface area contributed by atoms with Crippen LogP contribution in [0.15, 0.2) is 46.9 Å². The second kappa shape index (κ2) is 2.51. The van der Waals surface area contributed by atoms with Crippen molar-refractivity contribution in [2.45, 2.75) is 0 Å². The van der Waals surface area contributed by atoms with Crippen LogP contribution in [-0.2, 0) is 0 Å². The maximum Gasteiger partial charge on any atom is 0.158 e. The summed E-state index contributed by atoms with van der Waals surface area (Å²) in [5.74, 6) is 0. The second-order valence-corrected chi connectivity index (χ2v) is 3.32. The molecule has 0 saturated carbocycles. The zero-order chi connectivity index (χ0) is 9.54. The minimum atomic E-state index is 0.693. The van der Waals surface area contributed by atoms with Gasteiger partial charge in [0, 0.05) is 10.8 Å². The Balaban J connectivity index is 2.63. The molecule has 1 aromatic heterocycles. The van der Waals surface area contributed by atoms with Crippen molar-refractivity contribution in [2.24, 2.45) is 0 Å². The van der Waals surface area contributed by atoms with Gasteiger partial charge >= 0.3 is 0 Å². The van der Waals surface area contributed by atoms with Gasteiger partial charge in [-0.05, 0) is 12.1 Å². The number of anilines is 1. The number of rotatable bonds is 0. The van der Waals surface area contributed by atoms with Crippen LogP contribution in [0.3, 0.4) is 0 Å². The van der Waals surface area contributed by atoms with E-state index in [-0.39, 0.29) is 0 Å². The quantitative estimate of drug-likeness (QED) is 0.544. The van der Waals surface area contributed by atoms with Crippen LogP contribution >= 0.6 is 0 Å². The van der Waals surface area contributed by atoms with Crippen LogP contribution in [0.4, 0.5) is 5.69 Å². The Morgan fingerprint density at radius 3 is 2.57 bits per heavy atom. The first-order valence-electron chi connectivity index (χ1n) is 4.52. The number of fused-ring (bicyclic) bond motifs is 3. The van der Waals surface area contributed by atoms with Crippen molar-refractivity contribution in [1.29, 1.82) is 0 Å². The molecule has 3 rings (SSSR count). The smallest absolute Gasteiger partial charge is 0.158 e. The Morgan fingerprint density at radius 1 is 0.857 bits per heavy atom. The molecule has 0 aliphatic heterocycles.